The summed E-state index contributed by atoms with van der Waals surface area (Å²) in [6.45, 7) is 8.83. The third-order valence-electron chi connectivity index (χ3n) is 2.70. The van der Waals surface area contributed by atoms with Crippen molar-refractivity contribution in [2.45, 2.75) is 33.9 Å². The number of halogens is 1. The van der Waals surface area contributed by atoms with Crippen LogP contribution in [-0.4, -0.2) is 13.2 Å². The van der Waals surface area contributed by atoms with E-state index in [1.165, 1.54) is 6.07 Å². The highest BCUT2D eigenvalue weighted by Crippen LogP contribution is 2.12. The molecule has 1 aromatic rings. The van der Waals surface area contributed by atoms with Crippen LogP contribution in [0, 0.1) is 11.7 Å². The lowest BCUT2D eigenvalue weighted by molar-refractivity contribution is 0.145. The summed E-state index contributed by atoms with van der Waals surface area (Å²) in [5, 5.41) is 3.35. The largest absolute Gasteiger partial charge is 0.373 e. The number of hydrogen-bond donors (Lipinski definition) is 1. The fourth-order valence-corrected chi connectivity index (χ4v) is 1.69. The highest BCUT2D eigenvalue weighted by Gasteiger charge is 2.04. The van der Waals surface area contributed by atoms with E-state index >= 15 is 0 Å². The van der Waals surface area contributed by atoms with E-state index in [1.807, 2.05) is 31.2 Å². The molecule has 0 bridgehead atoms. The molecule has 0 atom stereocenters. The Bertz CT molecular complexity index is 402. The lowest BCUT2D eigenvalue weighted by atomic mass is 10.1. The van der Waals surface area contributed by atoms with Crippen LogP contribution in [0.25, 0.3) is 0 Å². The SMILES string of the molecule is C/C=C/COCc1cc(CNCC(C)C)ccc1F. The van der Waals surface area contributed by atoms with Crippen molar-refractivity contribution in [2.24, 2.45) is 5.92 Å². The molecule has 19 heavy (non-hydrogen) atoms. The Kier molecular flexibility index (Phi) is 7.38. The van der Waals surface area contributed by atoms with Crippen LogP contribution in [0.3, 0.4) is 0 Å². The van der Waals surface area contributed by atoms with E-state index < -0.39 is 0 Å². The van der Waals surface area contributed by atoms with Crippen molar-refractivity contribution in [3.63, 3.8) is 0 Å². The van der Waals surface area contributed by atoms with Gasteiger partial charge in [-0.3, -0.25) is 0 Å². The van der Waals surface area contributed by atoms with Crippen molar-refractivity contribution >= 4 is 0 Å². The minimum atomic E-state index is -0.201. The first-order valence-corrected chi connectivity index (χ1v) is 6.80. The Hall–Kier alpha value is -1.19. The number of allylic oxidation sites excluding steroid dienone is 1. The van der Waals surface area contributed by atoms with Crippen LogP contribution < -0.4 is 5.32 Å². The van der Waals surface area contributed by atoms with Crippen molar-refractivity contribution < 1.29 is 9.13 Å². The third-order valence-corrected chi connectivity index (χ3v) is 2.70. The van der Waals surface area contributed by atoms with E-state index in [0.29, 0.717) is 24.7 Å². The normalized spacial score (nSPS) is 11.6. The molecule has 0 radical (unpaired) electrons. The monoisotopic (exact) mass is 265 g/mol. The van der Waals surface area contributed by atoms with Crippen molar-refractivity contribution in [2.75, 3.05) is 13.2 Å². The van der Waals surface area contributed by atoms with Gasteiger partial charge in [-0.2, -0.15) is 0 Å². The topological polar surface area (TPSA) is 21.3 Å². The van der Waals surface area contributed by atoms with E-state index in [0.717, 1.165) is 18.7 Å². The lowest BCUT2D eigenvalue weighted by Crippen LogP contribution is -2.19. The van der Waals surface area contributed by atoms with Gasteiger partial charge in [0.1, 0.15) is 5.82 Å². The maximum absolute atomic E-state index is 13.6. The second-order valence-electron chi connectivity index (χ2n) is 5.03. The Morgan fingerprint density at radius 1 is 1.37 bits per heavy atom. The van der Waals surface area contributed by atoms with Gasteiger partial charge < -0.3 is 10.1 Å². The molecule has 0 heterocycles. The molecule has 0 spiro atoms. The molecule has 0 aliphatic rings. The van der Waals surface area contributed by atoms with Crippen molar-refractivity contribution in [1.29, 1.82) is 0 Å². The fourth-order valence-electron chi connectivity index (χ4n) is 1.69. The van der Waals surface area contributed by atoms with E-state index in [9.17, 15) is 4.39 Å². The van der Waals surface area contributed by atoms with Gasteiger partial charge in [0, 0.05) is 12.1 Å². The number of benzene rings is 1. The molecule has 106 valence electrons. The van der Waals surface area contributed by atoms with E-state index in [-0.39, 0.29) is 5.82 Å². The molecule has 2 nitrogen and oxygen atoms in total. The molecule has 0 aromatic heterocycles. The molecule has 3 heteroatoms. The van der Waals surface area contributed by atoms with Gasteiger partial charge in [0.2, 0.25) is 0 Å². The smallest absolute Gasteiger partial charge is 0.128 e. The number of hydrogen-bond acceptors (Lipinski definition) is 2. The van der Waals surface area contributed by atoms with Gasteiger partial charge in [-0.15, -0.1) is 0 Å². The van der Waals surface area contributed by atoms with Crippen LogP contribution in [-0.2, 0) is 17.9 Å². The van der Waals surface area contributed by atoms with Gasteiger partial charge in [0.05, 0.1) is 13.2 Å². The van der Waals surface area contributed by atoms with E-state index in [1.54, 1.807) is 0 Å². The molecule has 0 saturated heterocycles. The molecule has 0 saturated carbocycles. The van der Waals surface area contributed by atoms with E-state index in [2.05, 4.69) is 19.2 Å². The summed E-state index contributed by atoms with van der Waals surface area (Å²) in [6.07, 6.45) is 3.83. The Morgan fingerprint density at radius 3 is 2.84 bits per heavy atom. The van der Waals surface area contributed by atoms with Crippen molar-refractivity contribution in [1.82, 2.24) is 5.32 Å². The molecule has 0 unspecified atom stereocenters. The number of rotatable bonds is 8. The third kappa shape index (κ3) is 6.50. The fraction of sp³-hybridized carbons (Fsp3) is 0.500. The minimum Gasteiger partial charge on any atom is -0.373 e. The van der Waals surface area contributed by atoms with Gasteiger partial charge in [0.25, 0.3) is 0 Å². The van der Waals surface area contributed by atoms with Gasteiger partial charge in [-0.1, -0.05) is 32.1 Å². The first kappa shape index (κ1) is 15.9. The lowest BCUT2D eigenvalue weighted by Gasteiger charge is -2.10. The minimum absolute atomic E-state index is 0.201. The molecular weight excluding hydrogens is 241 g/mol. The molecule has 0 aliphatic heterocycles. The summed E-state index contributed by atoms with van der Waals surface area (Å²) < 4.78 is 19.0. The number of ether oxygens (including phenoxy) is 1. The first-order valence-electron chi connectivity index (χ1n) is 6.80. The van der Waals surface area contributed by atoms with Crippen LogP contribution in [0.1, 0.15) is 31.9 Å². The van der Waals surface area contributed by atoms with Gasteiger partial charge in [-0.25, -0.2) is 4.39 Å². The highest BCUT2D eigenvalue weighted by molar-refractivity contribution is 5.24. The summed E-state index contributed by atoms with van der Waals surface area (Å²) in [5.74, 6) is 0.414. The average molecular weight is 265 g/mol. The predicted molar refractivity (Wildman–Crippen MR) is 77.4 cm³/mol. The van der Waals surface area contributed by atoms with Crippen LogP contribution >= 0.6 is 0 Å². The summed E-state index contributed by atoms with van der Waals surface area (Å²) in [5.41, 5.74) is 1.71. The second kappa shape index (κ2) is 8.83. The second-order valence-corrected chi connectivity index (χ2v) is 5.03. The molecular formula is C16H24FNO. The summed E-state index contributed by atoms with van der Waals surface area (Å²) >= 11 is 0. The molecule has 1 aromatic carbocycles. The average Bonchev–Trinajstić information content (AvgIpc) is 2.37. The van der Waals surface area contributed by atoms with E-state index in [4.69, 9.17) is 4.74 Å². The standard InChI is InChI=1S/C16H24FNO/c1-4-5-8-19-12-15-9-14(6-7-16(15)17)11-18-10-13(2)3/h4-7,9,13,18H,8,10-12H2,1-3H3/b5-4+. The van der Waals surface area contributed by atoms with Crippen LogP contribution in [0.4, 0.5) is 4.39 Å². The van der Waals surface area contributed by atoms with Crippen molar-refractivity contribution in [3.05, 3.63) is 47.3 Å². The molecule has 1 N–H and O–H groups in total. The number of nitrogens with one attached hydrogen (secondary N) is 1. The molecule has 0 fully saturated rings. The van der Waals surface area contributed by atoms with Gasteiger partial charge >= 0.3 is 0 Å². The van der Waals surface area contributed by atoms with Gasteiger partial charge in [-0.05, 0) is 37.1 Å². The van der Waals surface area contributed by atoms with Crippen LogP contribution in [0.5, 0.6) is 0 Å². The Balaban J connectivity index is 2.50. The zero-order chi connectivity index (χ0) is 14.1. The van der Waals surface area contributed by atoms with Crippen LogP contribution in [0.2, 0.25) is 0 Å². The zero-order valence-corrected chi connectivity index (χ0v) is 12.1. The maximum Gasteiger partial charge on any atom is 0.128 e. The molecule has 0 aliphatic carbocycles. The van der Waals surface area contributed by atoms with Crippen LogP contribution in [0.15, 0.2) is 30.4 Å². The van der Waals surface area contributed by atoms with Crippen molar-refractivity contribution in [3.8, 4) is 0 Å². The zero-order valence-electron chi connectivity index (χ0n) is 12.1. The quantitative estimate of drug-likeness (QED) is 0.572. The molecule has 0 amide bonds. The predicted octanol–water partition coefficient (Wildman–Crippen LogP) is 3.66. The van der Waals surface area contributed by atoms with Gasteiger partial charge in [0.15, 0.2) is 0 Å². The summed E-state index contributed by atoms with van der Waals surface area (Å²) in [4.78, 5) is 0. The Labute approximate surface area is 115 Å². The summed E-state index contributed by atoms with van der Waals surface area (Å²) in [6, 6.07) is 5.21. The maximum atomic E-state index is 13.6. The Morgan fingerprint density at radius 2 is 2.16 bits per heavy atom. The molecule has 1 rings (SSSR count). The summed E-state index contributed by atoms with van der Waals surface area (Å²) in [7, 11) is 0. The first-order chi connectivity index (χ1) is 9.13. The highest BCUT2D eigenvalue weighted by atomic mass is 19.1.